The minimum atomic E-state index is -0.400. The van der Waals surface area contributed by atoms with Gasteiger partial charge in [0.15, 0.2) is 0 Å². The Bertz CT molecular complexity index is 342. The van der Waals surface area contributed by atoms with E-state index in [-0.39, 0.29) is 6.09 Å². The molecule has 2 heterocycles. The van der Waals surface area contributed by atoms with Gasteiger partial charge in [0.05, 0.1) is 0 Å². The predicted octanol–water partition coefficient (Wildman–Crippen LogP) is 3.00. The second-order valence-electron chi connectivity index (χ2n) is 6.50. The molecule has 2 rings (SSSR count). The van der Waals surface area contributed by atoms with Crippen molar-refractivity contribution in [1.82, 2.24) is 9.80 Å². The number of hydrogen-bond donors (Lipinski definition) is 0. The summed E-state index contributed by atoms with van der Waals surface area (Å²) in [5, 5.41) is 0. The normalized spacial score (nSPS) is 20.7. The molecule has 2 saturated heterocycles. The summed E-state index contributed by atoms with van der Waals surface area (Å²) >= 11 is 0. The smallest absolute Gasteiger partial charge is 0.410 e. The first-order valence-electron chi connectivity index (χ1n) is 7.35. The van der Waals surface area contributed by atoms with Gasteiger partial charge in [-0.25, -0.2) is 4.79 Å². The van der Waals surface area contributed by atoms with Crippen LogP contribution in [0, 0.1) is 0 Å². The van der Waals surface area contributed by atoms with Gasteiger partial charge in [-0.05, 0) is 52.7 Å². The van der Waals surface area contributed by atoms with E-state index in [0.29, 0.717) is 0 Å². The molecule has 4 heteroatoms. The van der Waals surface area contributed by atoms with E-state index < -0.39 is 5.60 Å². The number of carbonyl (C=O) groups excluding carboxylic acids is 1. The van der Waals surface area contributed by atoms with Gasteiger partial charge in [0.1, 0.15) is 5.60 Å². The molecule has 2 aliphatic heterocycles. The van der Waals surface area contributed by atoms with Crippen LogP contribution in [0.2, 0.25) is 0 Å². The molecule has 0 atom stereocenters. The van der Waals surface area contributed by atoms with Crippen molar-refractivity contribution in [3.8, 4) is 0 Å². The maximum Gasteiger partial charge on any atom is 0.410 e. The molecule has 0 aliphatic carbocycles. The average molecular weight is 266 g/mol. The Morgan fingerprint density at radius 2 is 1.68 bits per heavy atom. The summed E-state index contributed by atoms with van der Waals surface area (Å²) in [4.78, 5) is 16.2. The molecule has 2 fully saturated rings. The van der Waals surface area contributed by atoms with E-state index in [1.807, 2.05) is 25.7 Å². The van der Waals surface area contributed by atoms with E-state index in [9.17, 15) is 4.79 Å². The predicted molar refractivity (Wildman–Crippen MR) is 75.9 cm³/mol. The molecule has 0 bridgehead atoms. The minimum absolute atomic E-state index is 0.173. The largest absolute Gasteiger partial charge is 0.444 e. The first-order chi connectivity index (χ1) is 8.94. The maximum atomic E-state index is 11.9. The molecule has 0 aromatic carbocycles. The van der Waals surface area contributed by atoms with Crippen molar-refractivity contribution in [3.05, 3.63) is 11.8 Å². The third-order valence-electron chi connectivity index (χ3n) is 3.56. The fourth-order valence-electron chi connectivity index (χ4n) is 2.56. The van der Waals surface area contributed by atoms with Gasteiger partial charge in [0, 0.05) is 26.2 Å². The first kappa shape index (κ1) is 14.2. The molecule has 19 heavy (non-hydrogen) atoms. The van der Waals surface area contributed by atoms with Crippen molar-refractivity contribution in [2.24, 2.45) is 0 Å². The summed E-state index contributed by atoms with van der Waals surface area (Å²) in [5.41, 5.74) is 1.07. The molecule has 4 nitrogen and oxygen atoms in total. The number of ether oxygens (including phenoxy) is 1. The van der Waals surface area contributed by atoms with Crippen LogP contribution in [-0.4, -0.2) is 47.7 Å². The summed E-state index contributed by atoms with van der Waals surface area (Å²) < 4.78 is 5.40. The lowest BCUT2D eigenvalue weighted by molar-refractivity contribution is 0.0236. The Hall–Kier alpha value is -1.19. The van der Waals surface area contributed by atoms with Gasteiger partial charge in [-0.2, -0.15) is 0 Å². The van der Waals surface area contributed by atoms with Crippen LogP contribution in [0.4, 0.5) is 4.79 Å². The number of piperidine rings is 1. The molecule has 2 aliphatic rings. The Balaban J connectivity index is 1.80. The molecular formula is C15H26N2O2. The lowest BCUT2D eigenvalue weighted by Gasteiger charge is -2.31. The van der Waals surface area contributed by atoms with Gasteiger partial charge in [-0.1, -0.05) is 5.57 Å². The number of nitrogens with zero attached hydrogens (tertiary/aromatic N) is 2. The molecule has 108 valence electrons. The van der Waals surface area contributed by atoms with E-state index in [0.717, 1.165) is 25.9 Å². The third kappa shape index (κ3) is 4.44. The molecule has 0 saturated carbocycles. The third-order valence-corrected chi connectivity index (χ3v) is 3.56. The van der Waals surface area contributed by atoms with Crippen molar-refractivity contribution in [3.63, 3.8) is 0 Å². The highest BCUT2D eigenvalue weighted by Gasteiger charge is 2.24. The zero-order valence-corrected chi connectivity index (χ0v) is 12.4. The zero-order chi connectivity index (χ0) is 13.9. The number of rotatable bonds is 1. The number of hydrogen-bond acceptors (Lipinski definition) is 3. The van der Waals surface area contributed by atoms with Crippen LogP contribution in [0.1, 0.15) is 46.5 Å². The monoisotopic (exact) mass is 266 g/mol. The van der Waals surface area contributed by atoms with Crippen molar-refractivity contribution in [2.45, 2.75) is 52.1 Å². The van der Waals surface area contributed by atoms with Crippen LogP contribution in [-0.2, 0) is 4.74 Å². The van der Waals surface area contributed by atoms with E-state index in [1.54, 1.807) is 0 Å². The van der Waals surface area contributed by atoms with Gasteiger partial charge >= 0.3 is 6.09 Å². The van der Waals surface area contributed by atoms with E-state index >= 15 is 0 Å². The number of likely N-dealkylation sites (tertiary alicyclic amines) is 2. The molecule has 1 amide bonds. The molecule has 0 aromatic rings. The average Bonchev–Trinajstić information content (AvgIpc) is 2.80. The van der Waals surface area contributed by atoms with E-state index in [4.69, 9.17) is 4.74 Å². The number of carbonyl (C=O) groups is 1. The van der Waals surface area contributed by atoms with Gasteiger partial charge in [0.2, 0.25) is 0 Å². The molecular weight excluding hydrogens is 240 g/mol. The SMILES string of the molecule is CC(C)(C)OC(=O)N1CCC(=CN2CCCC2)CC1. The quantitative estimate of drug-likeness (QED) is 0.731. The van der Waals surface area contributed by atoms with E-state index in [1.165, 1.54) is 31.5 Å². The Morgan fingerprint density at radius 1 is 1.11 bits per heavy atom. The fourth-order valence-corrected chi connectivity index (χ4v) is 2.56. The standard InChI is InChI=1S/C15H26N2O2/c1-15(2,3)19-14(18)17-10-6-13(7-11-17)12-16-8-4-5-9-16/h12H,4-11H2,1-3H3. The second-order valence-corrected chi connectivity index (χ2v) is 6.50. The van der Waals surface area contributed by atoms with Crippen molar-refractivity contribution >= 4 is 6.09 Å². The van der Waals surface area contributed by atoms with Crippen LogP contribution < -0.4 is 0 Å². The lowest BCUT2D eigenvalue weighted by Crippen LogP contribution is -2.40. The van der Waals surface area contributed by atoms with Crippen LogP contribution in [0.15, 0.2) is 11.8 Å². The lowest BCUT2D eigenvalue weighted by atomic mass is 10.1. The highest BCUT2D eigenvalue weighted by Crippen LogP contribution is 2.20. The van der Waals surface area contributed by atoms with Gasteiger partial charge < -0.3 is 14.5 Å². The number of amides is 1. The van der Waals surface area contributed by atoms with Crippen LogP contribution in [0.25, 0.3) is 0 Å². The maximum absolute atomic E-state index is 11.9. The summed E-state index contributed by atoms with van der Waals surface area (Å²) in [6, 6.07) is 0. The van der Waals surface area contributed by atoms with Gasteiger partial charge in [-0.3, -0.25) is 0 Å². The molecule has 0 N–H and O–H groups in total. The van der Waals surface area contributed by atoms with E-state index in [2.05, 4.69) is 11.1 Å². The van der Waals surface area contributed by atoms with Gasteiger partial charge in [0.25, 0.3) is 0 Å². The Morgan fingerprint density at radius 3 is 2.21 bits per heavy atom. The van der Waals surface area contributed by atoms with Crippen molar-refractivity contribution in [1.29, 1.82) is 0 Å². The highest BCUT2D eigenvalue weighted by molar-refractivity contribution is 5.68. The molecule has 0 aromatic heterocycles. The van der Waals surface area contributed by atoms with Crippen LogP contribution >= 0.6 is 0 Å². The Labute approximate surface area is 116 Å². The first-order valence-corrected chi connectivity index (χ1v) is 7.35. The summed E-state index contributed by atoms with van der Waals surface area (Å²) in [7, 11) is 0. The molecule has 0 radical (unpaired) electrons. The van der Waals surface area contributed by atoms with Crippen molar-refractivity contribution < 1.29 is 9.53 Å². The molecule has 0 spiro atoms. The summed E-state index contributed by atoms with van der Waals surface area (Å²) in [6.07, 6.45) is 6.74. The van der Waals surface area contributed by atoms with Crippen LogP contribution in [0.5, 0.6) is 0 Å². The van der Waals surface area contributed by atoms with Crippen molar-refractivity contribution in [2.75, 3.05) is 26.2 Å². The van der Waals surface area contributed by atoms with Crippen LogP contribution in [0.3, 0.4) is 0 Å². The Kier molecular flexibility index (Phi) is 4.38. The summed E-state index contributed by atoms with van der Waals surface area (Å²) in [5.74, 6) is 0. The summed E-state index contributed by atoms with van der Waals surface area (Å²) in [6.45, 7) is 9.69. The topological polar surface area (TPSA) is 32.8 Å². The van der Waals surface area contributed by atoms with Gasteiger partial charge in [-0.15, -0.1) is 0 Å². The molecule has 0 unspecified atom stereocenters. The fraction of sp³-hybridized carbons (Fsp3) is 0.800. The minimum Gasteiger partial charge on any atom is -0.444 e. The highest BCUT2D eigenvalue weighted by atomic mass is 16.6. The second kappa shape index (κ2) is 5.85. The zero-order valence-electron chi connectivity index (χ0n) is 12.4.